The lowest BCUT2D eigenvalue weighted by atomic mass is 10.0. The molecular weight excluding hydrogens is 316 g/mol. The number of aromatic nitrogens is 1. The van der Waals surface area contributed by atoms with Crippen LogP contribution in [0.1, 0.15) is 28.8 Å². The van der Waals surface area contributed by atoms with Crippen LogP contribution < -0.4 is 10.1 Å². The van der Waals surface area contributed by atoms with Crippen molar-refractivity contribution in [3.05, 3.63) is 59.8 Å². The molecule has 0 aliphatic carbocycles. The van der Waals surface area contributed by atoms with Gasteiger partial charge in [0.1, 0.15) is 0 Å². The van der Waals surface area contributed by atoms with Gasteiger partial charge in [0, 0.05) is 32.0 Å². The highest BCUT2D eigenvalue weighted by molar-refractivity contribution is 5.93. The summed E-state index contributed by atoms with van der Waals surface area (Å²) in [6, 6.07) is 13.6. The van der Waals surface area contributed by atoms with Crippen molar-refractivity contribution in [2.75, 3.05) is 26.4 Å². The Morgan fingerprint density at radius 1 is 1.16 bits per heavy atom. The van der Waals surface area contributed by atoms with Gasteiger partial charge >= 0.3 is 0 Å². The van der Waals surface area contributed by atoms with E-state index >= 15 is 0 Å². The number of carbonyl (C=O) groups excluding carboxylic acids is 1. The van der Waals surface area contributed by atoms with Gasteiger partial charge in [0.25, 0.3) is 5.91 Å². The number of nitrogens with zero attached hydrogens (tertiary/aromatic N) is 1. The Morgan fingerprint density at radius 2 is 1.96 bits per heavy atom. The predicted molar refractivity (Wildman–Crippen MR) is 95.8 cm³/mol. The second-order valence-corrected chi connectivity index (χ2v) is 6.24. The number of benzene rings is 1. The lowest BCUT2D eigenvalue weighted by Gasteiger charge is -2.21. The van der Waals surface area contributed by atoms with Crippen LogP contribution >= 0.6 is 0 Å². The Kier molecular flexibility index (Phi) is 6.40. The maximum Gasteiger partial charge on any atom is 0.252 e. The lowest BCUT2D eigenvalue weighted by molar-refractivity contribution is 0.0490. The Balaban J connectivity index is 1.42. The summed E-state index contributed by atoms with van der Waals surface area (Å²) < 4.78 is 11.1. The van der Waals surface area contributed by atoms with Gasteiger partial charge in [0.05, 0.1) is 12.2 Å². The van der Waals surface area contributed by atoms with Crippen LogP contribution in [0.3, 0.4) is 0 Å². The van der Waals surface area contributed by atoms with E-state index in [9.17, 15) is 4.79 Å². The molecule has 25 heavy (non-hydrogen) atoms. The highest BCUT2D eigenvalue weighted by atomic mass is 16.5. The van der Waals surface area contributed by atoms with E-state index in [1.165, 1.54) is 5.56 Å². The molecule has 1 aliphatic heterocycles. The third kappa shape index (κ3) is 5.57. The molecule has 0 atom stereocenters. The van der Waals surface area contributed by atoms with Crippen molar-refractivity contribution in [2.24, 2.45) is 5.92 Å². The number of carbonyl (C=O) groups is 1. The molecule has 0 radical (unpaired) electrons. The van der Waals surface area contributed by atoms with E-state index in [-0.39, 0.29) is 5.91 Å². The van der Waals surface area contributed by atoms with Crippen molar-refractivity contribution >= 4 is 5.91 Å². The Hall–Kier alpha value is -2.40. The molecule has 1 aliphatic rings. The molecule has 0 bridgehead atoms. The molecule has 1 fully saturated rings. The first-order chi connectivity index (χ1) is 12.3. The highest BCUT2D eigenvalue weighted by Crippen LogP contribution is 2.16. The van der Waals surface area contributed by atoms with E-state index in [4.69, 9.17) is 9.47 Å². The molecular formula is C20H24N2O3. The zero-order chi connectivity index (χ0) is 17.3. The minimum atomic E-state index is -0.112. The van der Waals surface area contributed by atoms with Crippen LogP contribution in [0.15, 0.2) is 48.7 Å². The molecule has 2 aromatic rings. The number of amides is 1. The zero-order valence-corrected chi connectivity index (χ0v) is 14.3. The van der Waals surface area contributed by atoms with Gasteiger partial charge in [-0.3, -0.25) is 4.79 Å². The highest BCUT2D eigenvalue weighted by Gasteiger charge is 2.14. The molecule has 1 saturated heterocycles. The van der Waals surface area contributed by atoms with Crippen LogP contribution in [0.2, 0.25) is 0 Å². The summed E-state index contributed by atoms with van der Waals surface area (Å²) in [6.07, 6.45) is 4.44. The Bertz CT molecular complexity index is 652. The van der Waals surface area contributed by atoms with Crippen molar-refractivity contribution in [3.8, 4) is 5.88 Å². The van der Waals surface area contributed by atoms with Gasteiger partial charge in [0.2, 0.25) is 5.88 Å². The van der Waals surface area contributed by atoms with Crippen LogP contribution in [0.4, 0.5) is 0 Å². The molecule has 5 nitrogen and oxygen atoms in total. The van der Waals surface area contributed by atoms with Crippen LogP contribution in [0, 0.1) is 5.92 Å². The van der Waals surface area contributed by atoms with Crippen molar-refractivity contribution < 1.29 is 14.3 Å². The maximum atomic E-state index is 12.1. The second kappa shape index (κ2) is 9.18. The molecule has 0 saturated carbocycles. The molecule has 1 N–H and O–H groups in total. The van der Waals surface area contributed by atoms with E-state index in [1.54, 1.807) is 18.3 Å². The molecule has 3 rings (SSSR count). The van der Waals surface area contributed by atoms with E-state index in [0.29, 0.717) is 30.5 Å². The fraction of sp³-hybridized carbons (Fsp3) is 0.400. The molecule has 2 heterocycles. The summed E-state index contributed by atoms with van der Waals surface area (Å²) in [5.74, 6) is 0.975. The van der Waals surface area contributed by atoms with Crippen LogP contribution in [0.25, 0.3) is 0 Å². The van der Waals surface area contributed by atoms with Crippen LogP contribution in [-0.2, 0) is 11.2 Å². The number of ether oxygens (including phenoxy) is 2. The number of rotatable bonds is 7. The Morgan fingerprint density at radius 3 is 2.68 bits per heavy atom. The SMILES string of the molecule is O=C(NCCc1ccccc1)c1ccc(OCC2CCOCC2)nc1. The van der Waals surface area contributed by atoms with Gasteiger partial charge in [-0.25, -0.2) is 4.98 Å². The molecule has 1 aromatic heterocycles. The van der Waals surface area contributed by atoms with E-state index in [1.807, 2.05) is 18.2 Å². The summed E-state index contributed by atoms with van der Waals surface area (Å²) in [6.45, 7) is 2.87. The van der Waals surface area contributed by atoms with Gasteiger partial charge in [-0.05, 0) is 36.8 Å². The standard InChI is InChI=1S/C20H24N2O3/c23-20(21-11-8-16-4-2-1-3-5-16)18-6-7-19(22-14-18)25-15-17-9-12-24-13-10-17/h1-7,14,17H,8-13,15H2,(H,21,23). The van der Waals surface area contributed by atoms with E-state index in [2.05, 4.69) is 22.4 Å². The van der Waals surface area contributed by atoms with Crippen LogP contribution in [0.5, 0.6) is 5.88 Å². The summed E-state index contributed by atoms with van der Waals surface area (Å²) >= 11 is 0. The zero-order valence-electron chi connectivity index (χ0n) is 14.3. The topological polar surface area (TPSA) is 60.5 Å². The molecule has 132 valence electrons. The molecule has 1 aromatic carbocycles. The minimum absolute atomic E-state index is 0.112. The first kappa shape index (κ1) is 17.4. The minimum Gasteiger partial charge on any atom is -0.477 e. The van der Waals surface area contributed by atoms with Crippen molar-refractivity contribution in [1.29, 1.82) is 0 Å². The smallest absolute Gasteiger partial charge is 0.252 e. The van der Waals surface area contributed by atoms with Gasteiger partial charge in [-0.1, -0.05) is 30.3 Å². The average molecular weight is 340 g/mol. The average Bonchev–Trinajstić information content (AvgIpc) is 2.68. The number of hydrogen-bond donors (Lipinski definition) is 1. The Labute approximate surface area is 148 Å². The van der Waals surface area contributed by atoms with Crippen molar-refractivity contribution in [3.63, 3.8) is 0 Å². The molecule has 0 unspecified atom stereocenters. The summed E-state index contributed by atoms with van der Waals surface area (Å²) in [5, 5.41) is 2.92. The van der Waals surface area contributed by atoms with Gasteiger partial charge in [0.15, 0.2) is 0 Å². The summed E-state index contributed by atoms with van der Waals surface area (Å²) in [5.41, 5.74) is 1.75. The number of hydrogen-bond acceptors (Lipinski definition) is 4. The fourth-order valence-electron chi connectivity index (χ4n) is 2.78. The molecule has 5 heteroatoms. The third-order valence-corrected chi connectivity index (χ3v) is 4.35. The molecule has 0 spiro atoms. The third-order valence-electron chi connectivity index (χ3n) is 4.35. The second-order valence-electron chi connectivity index (χ2n) is 6.24. The lowest BCUT2D eigenvalue weighted by Crippen LogP contribution is -2.25. The van der Waals surface area contributed by atoms with Crippen LogP contribution in [-0.4, -0.2) is 37.3 Å². The maximum absolute atomic E-state index is 12.1. The summed E-state index contributed by atoms with van der Waals surface area (Å²) in [4.78, 5) is 16.4. The van der Waals surface area contributed by atoms with E-state index < -0.39 is 0 Å². The molecule has 1 amide bonds. The predicted octanol–water partition coefficient (Wildman–Crippen LogP) is 2.86. The van der Waals surface area contributed by atoms with Crippen molar-refractivity contribution in [1.82, 2.24) is 10.3 Å². The van der Waals surface area contributed by atoms with Gasteiger partial charge in [-0.15, -0.1) is 0 Å². The van der Waals surface area contributed by atoms with Crippen molar-refractivity contribution in [2.45, 2.75) is 19.3 Å². The van der Waals surface area contributed by atoms with Gasteiger partial charge < -0.3 is 14.8 Å². The monoisotopic (exact) mass is 340 g/mol. The number of pyridine rings is 1. The van der Waals surface area contributed by atoms with Gasteiger partial charge in [-0.2, -0.15) is 0 Å². The summed E-state index contributed by atoms with van der Waals surface area (Å²) in [7, 11) is 0. The first-order valence-corrected chi connectivity index (χ1v) is 8.80. The first-order valence-electron chi connectivity index (χ1n) is 8.80. The quantitative estimate of drug-likeness (QED) is 0.842. The van der Waals surface area contributed by atoms with E-state index in [0.717, 1.165) is 32.5 Å². The fourth-order valence-corrected chi connectivity index (χ4v) is 2.78. The normalized spacial score (nSPS) is 14.9. The largest absolute Gasteiger partial charge is 0.477 e. The number of nitrogens with one attached hydrogen (secondary N) is 1.